The minimum atomic E-state index is -0.924. The second-order valence-electron chi connectivity index (χ2n) is 4.72. The molecule has 3 rings (SSSR count). The Morgan fingerprint density at radius 3 is 2.65 bits per heavy atom. The van der Waals surface area contributed by atoms with Crippen LogP contribution in [0.25, 0.3) is 22.2 Å². The zero-order chi connectivity index (χ0) is 14.1. The molecule has 0 aliphatic rings. The molecule has 98 valence electrons. The lowest BCUT2D eigenvalue weighted by molar-refractivity contribution is 0.0697. The van der Waals surface area contributed by atoms with E-state index in [1.54, 1.807) is 12.1 Å². The number of benzene rings is 2. The number of nitrogens with zero attached hydrogens (tertiary/aromatic N) is 1. The molecule has 1 N–H and O–H groups in total. The zero-order valence-corrected chi connectivity index (χ0v) is 11.0. The van der Waals surface area contributed by atoms with Gasteiger partial charge in [-0.2, -0.15) is 0 Å². The van der Waals surface area contributed by atoms with Crippen molar-refractivity contribution < 1.29 is 9.90 Å². The molecule has 0 aliphatic carbocycles. The molecule has 1 aromatic heterocycles. The predicted molar refractivity (Wildman–Crippen MR) is 78.9 cm³/mol. The minimum Gasteiger partial charge on any atom is -0.478 e. The molecule has 0 aliphatic heterocycles. The van der Waals surface area contributed by atoms with Gasteiger partial charge in [0.1, 0.15) is 0 Å². The van der Waals surface area contributed by atoms with E-state index >= 15 is 0 Å². The van der Waals surface area contributed by atoms with Crippen LogP contribution in [-0.4, -0.2) is 16.1 Å². The van der Waals surface area contributed by atoms with Crippen LogP contribution in [0.5, 0.6) is 0 Å². The molecule has 2 aromatic carbocycles. The minimum absolute atomic E-state index is 0.278. The highest BCUT2D eigenvalue weighted by Crippen LogP contribution is 2.25. The fourth-order valence-electron chi connectivity index (χ4n) is 2.25. The first-order chi connectivity index (χ1) is 9.65. The highest BCUT2D eigenvalue weighted by atomic mass is 16.4. The summed E-state index contributed by atoms with van der Waals surface area (Å²) in [5.41, 5.74) is 3.85. The first-order valence-corrected chi connectivity index (χ1v) is 6.35. The largest absolute Gasteiger partial charge is 0.478 e. The average Bonchev–Trinajstić information content (AvgIpc) is 2.47. The molecule has 0 unspecified atom stereocenters. The number of aromatic nitrogens is 1. The molecule has 0 bridgehead atoms. The maximum Gasteiger partial charge on any atom is 0.335 e. The van der Waals surface area contributed by atoms with Crippen molar-refractivity contribution >= 4 is 16.9 Å². The second kappa shape index (κ2) is 4.78. The summed E-state index contributed by atoms with van der Waals surface area (Å²) in [6.07, 6.45) is 0. The Morgan fingerprint density at radius 2 is 1.85 bits per heavy atom. The number of rotatable bonds is 2. The van der Waals surface area contributed by atoms with Gasteiger partial charge in [0.15, 0.2) is 0 Å². The molecule has 0 saturated carbocycles. The van der Waals surface area contributed by atoms with E-state index in [1.807, 2.05) is 49.4 Å². The molecular weight excluding hydrogens is 250 g/mol. The number of hydrogen-bond donors (Lipinski definition) is 1. The van der Waals surface area contributed by atoms with Crippen LogP contribution in [0.15, 0.2) is 54.6 Å². The first kappa shape index (κ1) is 12.4. The van der Waals surface area contributed by atoms with E-state index < -0.39 is 5.97 Å². The molecule has 0 radical (unpaired) electrons. The third kappa shape index (κ3) is 2.14. The molecule has 0 atom stereocenters. The standard InChI is InChI=1S/C17H13NO2/c1-11-6-7-13(17(19)20)10-14(11)16-9-8-12-4-2-3-5-15(12)18-16/h2-10H,1H3,(H,19,20). The highest BCUT2D eigenvalue weighted by Gasteiger charge is 2.09. The van der Waals surface area contributed by atoms with Gasteiger partial charge in [0.2, 0.25) is 0 Å². The number of carboxylic acids is 1. The van der Waals surface area contributed by atoms with Crippen LogP contribution in [0, 0.1) is 6.92 Å². The molecular formula is C17H13NO2. The Kier molecular flexibility index (Phi) is 2.95. The molecule has 3 aromatic rings. The van der Waals surface area contributed by atoms with Crippen molar-refractivity contribution in [3.63, 3.8) is 0 Å². The van der Waals surface area contributed by atoms with Gasteiger partial charge >= 0.3 is 5.97 Å². The lowest BCUT2D eigenvalue weighted by Crippen LogP contribution is -1.98. The molecule has 0 spiro atoms. The molecule has 0 amide bonds. The Labute approximate surface area is 116 Å². The number of para-hydroxylation sites is 1. The fraction of sp³-hybridized carbons (Fsp3) is 0.0588. The Hall–Kier alpha value is -2.68. The third-order valence-electron chi connectivity index (χ3n) is 3.36. The summed E-state index contributed by atoms with van der Waals surface area (Å²) in [5.74, 6) is -0.924. The van der Waals surface area contributed by atoms with E-state index in [2.05, 4.69) is 4.98 Å². The van der Waals surface area contributed by atoms with E-state index in [4.69, 9.17) is 5.11 Å². The predicted octanol–water partition coefficient (Wildman–Crippen LogP) is 3.91. The van der Waals surface area contributed by atoms with Crippen molar-refractivity contribution in [3.8, 4) is 11.3 Å². The number of fused-ring (bicyclic) bond motifs is 1. The van der Waals surface area contributed by atoms with Crippen LogP contribution in [0.1, 0.15) is 15.9 Å². The van der Waals surface area contributed by atoms with E-state index in [0.29, 0.717) is 0 Å². The summed E-state index contributed by atoms with van der Waals surface area (Å²) in [7, 11) is 0. The van der Waals surface area contributed by atoms with Gasteiger partial charge in [-0.25, -0.2) is 9.78 Å². The van der Waals surface area contributed by atoms with Gasteiger partial charge in [0, 0.05) is 10.9 Å². The molecule has 0 saturated heterocycles. The SMILES string of the molecule is Cc1ccc(C(=O)O)cc1-c1ccc2ccccc2n1. The molecule has 20 heavy (non-hydrogen) atoms. The summed E-state index contributed by atoms with van der Waals surface area (Å²) in [4.78, 5) is 15.7. The average molecular weight is 263 g/mol. The summed E-state index contributed by atoms with van der Waals surface area (Å²) in [6.45, 7) is 1.96. The van der Waals surface area contributed by atoms with Gasteiger partial charge in [-0.3, -0.25) is 0 Å². The van der Waals surface area contributed by atoms with Crippen molar-refractivity contribution in [1.82, 2.24) is 4.98 Å². The number of aryl methyl sites for hydroxylation is 1. The Balaban J connectivity index is 2.19. The lowest BCUT2D eigenvalue weighted by atomic mass is 10.0. The molecule has 0 fully saturated rings. The number of pyridine rings is 1. The molecule has 3 nitrogen and oxygen atoms in total. The Morgan fingerprint density at radius 1 is 1.05 bits per heavy atom. The van der Waals surface area contributed by atoms with Gasteiger partial charge in [-0.1, -0.05) is 30.3 Å². The molecule has 1 heterocycles. The van der Waals surface area contributed by atoms with E-state index in [1.165, 1.54) is 0 Å². The van der Waals surface area contributed by atoms with Gasteiger partial charge < -0.3 is 5.11 Å². The van der Waals surface area contributed by atoms with Crippen LogP contribution < -0.4 is 0 Å². The number of carboxylic acid groups (broad SMARTS) is 1. The number of aromatic carboxylic acids is 1. The third-order valence-corrected chi connectivity index (χ3v) is 3.36. The smallest absolute Gasteiger partial charge is 0.335 e. The van der Waals surface area contributed by atoms with Crippen LogP contribution in [0.2, 0.25) is 0 Å². The van der Waals surface area contributed by atoms with E-state index in [-0.39, 0.29) is 5.56 Å². The second-order valence-corrected chi connectivity index (χ2v) is 4.72. The highest BCUT2D eigenvalue weighted by molar-refractivity contribution is 5.90. The van der Waals surface area contributed by atoms with Gasteiger partial charge in [-0.15, -0.1) is 0 Å². The van der Waals surface area contributed by atoms with Gasteiger partial charge in [-0.05, 0) is 36.8 Å². The monoisotopic (exact) mass is 263 g/mol. The summed E-state index contributed by atoms with van der Waals surface area (Å²) < 4.78 is 0. The summed E-state index contributed by atoms with van der Waals surface area (Å²) >= 11 is 0. The van der Waals surface area contributed by atoms with Crippen molar-refractivity contribution in [2.75, 3.05) is 0 Å². The van der Waals surface area contributed by atoms with Crippen molar-refractivity contribution in [1.29, 1.82) is 0 Å². The topological polar surface area (TPSA) is 50.2 Å². The van der Waals surface area contributed by atoms with Crippen molar-refractivity contribution in [2.45, 2.75) is 6.92 Å². The van der Waals surface area contributed by atoms with Crippen LogP contribution in [0.3, 0.4) is 0 Å². The number of hydrogen-bond acceptors (Lipinski definition) is 2. The lowest BCUT2D eigenvalue weighted by Gasteiger charge is -2.08. The maximum atomic E-state index is 11.1. The maximum absolute atomic E-state index is 11.1. The van der Waals surface area contributed by atoms with Crippen molar-refractivity contribution in [3.05, 3.63) is 65.7 Å². The quantitative estimate of drug-likeness (QED) is 0.762. The zero-order valence-electron chi connectivity index (χ0n) is 11.0. The van der Waals surface area contributed by atoms with Crippen LogP contribution in [-0.2, 0) is 0 Å². The van der Waals surface area contributed by atoms with E-state index in [9.17, 15) is 4.79 Å². The van der Waals surface area contributed by atoms with Crippen LogP contribution in [0.4, 0.5) is 0 Å². The number of carbonyl (C=O) groups is 1. The summed E-state index contributed by atoms with van der Waals surface area (Å²) in [5, 5.41) is 10.2. The fourth-order valence-corrected chi connectivity index (χ4v) is 2.25. The normalized spacial score (nSPS) is 10.7. The van der Waals surface area contributed by atoms with E-state index in [0.717, 1.165) is 27.7 Å². The van der Waals surface area contributed by atoms with Crippen molar-refractivity contribution in [2.24, 2.45) is 0 Å². The first-order valence-electron chi connectivity index (χ1n) is 6.35. The Bertz CT molecular complexity index is 809. The van der Waals surface area contributed by atoms with Gasteiger partial charge in [0.05, 0.1) is 16.8 Å². The summed E-state index contributed by atoms with van der Waals surface area (Å²) in [6, 6.07) is 16.9. The molecule has 3 heteroatoms. The van der Waals surface area contributed by atoms with Gasteiger partial charge in [0.25, 0.3) is 0 Å². The van der Waals surface area contributed by atoms with Crippen LogP contribution >= 0.6 is 0 Å².